The Morgan fingerprint density at radius 1 is 1.31 bits per heavy atom. The van der Waals surface area contributed by atoms with Gasteiger partial charge in [-0.05, 0) is 42.8 Å². The van der Waals surface area contributed by atoms with E-state index in [-0.39, 0.29) is 5.82 Å². The minimum absolute atomic E-state index is 0.216. The highest BCUT2D eigenvalue weighted by molar-refractivity contribution is 7.16. The van der Waals surface area contributed by atoms with Gasteiger partial charge in [0.1, 0.15) is 5.82 Å². The fourth-order valence-electron chi connectivity index (χ4n) is 1.47. The molecule has 16 heavy (non-hydrogen) atoms. The first-order chi connectivity index (χ1) is 7.63. The van der Waals surface area contributed by atoms with Crippen molar-refractivity contribution in [3.63, 3.8) is 0 Å². The fourth-order valence-corrected chi connectivity index (χ4v) is 2.50. The molecule has 84 valence electrons. The van der Waals surface area contributed by atoms with Crippen LogP contribution in [0.1, 0.15) is 10.4 Å². The van der Waals surface area contributed by atoms with Gasteiger partial charge in [-0.25, -0.2) is 4.39 Å². The molecular weight excluding hydrogens is 245 g/mol. The molecule has 1 aromatic heterocycles. The van der Waals surface area contributed by atoms with Gasteiger partial charge in [0.25, 0.3) is 0 Å². The van der Waals surface area contributed by atoms with Gasteiger partial charge in [0, 0.05) is 17.1 Å². The molecule has 0 aliphatic rings. The highest BCUT2D eigenvalue weighted by atomic mass is 35.5. The lowest BCUT2D eigenvalue weighted by atomic mass is 10.2. The van der Waals surface area contributed by atoms with Crippen LogP contribution in [0.5, 0.6) is 0 Å². The van der Waals surface area contributed by atoms with E-state index >= 15 is 0 Å². The van der Waals surface area contributed by atoms with Crippen LogP contribution < -0.4 is 5.32 Å². The van der Waals surface area contributed by atoms with Crippen LogP contribution in [0.15, 0.2) is 30.3 Å². The summed E-state index contributed by atoms with van der Waals surface area (Å²) >= 11 is 7.35. The van der Waals surface area contributed by atoms with E-state index in [4.69, 9.17) is 11.6 Å². The monoisotopic (exact) mass is 255 g/mol. The number of aryl methyl sites for hydroxylation is 1. The lowest BCUT2D eigenvalue weighted by molar-refractivity contribution is 0.627. The highest BCUT2D eigenvalue weighted by Crippen LogP contribution is 2.22. The molecule has 0 saturated carbocycles. The Bertz CT molecular complexity index is 475. The number of hydrogen-bond donors (Lipinski definition) is 1. The van der Waals surface area contributed by atoms with Gasteiger partial charge in [0.2, 0.25) is 0 Å². The van der Waals surface area contributed by atoms with E-state index in [1.165, 1.54) is 23.5 Å². The lowest BCUT2D eigenvalue weighted by Gasteiger charge is -2.06. The Labute approximate surface area is 103 Å². The van der Waals surface area contributed by atoms with Crippen LogP contribution in [-0.2, 0) is 6.54 Å². The first kappa shape index (κ1) is 11.4. The van der Waals surface area contributed by atoms with Gasteiger partial charge in [0.15, 0.2) is 0 Å². The summed E-state index contributed by atoms with van der Waals surface area (Å²) in [5.74, 6) is -0.216. The molecule has 0 saturated heterocycles. The van der Waals surface area contributed by atoms with Crippen molar-refractivity contribution >= 4 is 28.6 Å². The third-order valence-electron chi connectivity index (χ3n) is 2.14. The number of thiophene rings is 1. The minimum atomic E-state index is -0.216. The summed E-state index contributed by atoms with van der Waals surface area (Å²) in [6.07, 6.45) is 0. The van der Waals surface area contributed by atoms with Crippen molar-refractivity contribution in [1.29, 1.82) is 0 Å². The topological polar surface area (TPSA) is 12.0 Å². The molecule has 0 atom stereocenters. The average molecular weight is 256 g/mol. The third-order valence-corrected chi connectivity index (χ3v) is 3.37. The molecule has 1 heterocycles. The van der Waals surface area contributed by atoms with E-state index in [0.29, 0.717) is 6.54 Å². The van der Waals surface area contributed by atoms with E-state index in [9.17, 15) is 4.39 Å². The van der Waals surface area contributed by atoms with E-state index < -0.39 is 0 Å². The van der Waals surface area contributed by atoms with Crippen molar-refractivity contribution in [3.05, 3.63) is 50.9 Å². The first-order valence-corrected chi connectivity index (χ1v) is 6.08. The maximum Gasteiger partial charge on any atom is 0.125 e. The molecule has 0 aliphatic heterocycles. The first-order valence-electron chi connectivity index (χ1n) is 4.89. The van der Waals surface area contributed by atoms with Gasteiger partial charge in [-0.2, -0.15) is 0 Å². The summed E-state index contributed by atoms with van der Waals surface area (Å²) in [5.41, 5.74) is 1.70. The zero-order valence-electron chi connectivity index (χ0n) is 8.76. The maximum absolute atomic E-state index is 13.1. The summed E-state index contributed by atoms with van der Waals surface area (Å²) in [6, 6.07) is 8.74. The molecule has 2 aromatic rings. The second-order valence-corrected chi connectivity index (χ2v) is 5.38. The molecule has 0 radical (unpaired) electrons. The van der Waals surface area contributed by atoms with Crippen LogP contribution in [0, 0.1) is 12.7 Å². The van der Waals surface area contributed by atoms with Crippen molar-refractivity contribution in [2.24, 2.45) is 0 Å². The molecule has 0 unspecified atom stereocenters. The van der Waals surface area contributed by atoms with Gasteiger partial charge >= 0.3 is 0 Å². The molecule has 0 spiro atoms. The maximum atomic E-state index is 13.1. The SMILES string of the molecule is Cc1cc(F)cc(NCc2ccc(Cl)s2)c1. The largest absolute Gasteiger partial charge is 0.380 e. The quantitative estimate of drug-likeness (QED) is 0.854. The number of rotatable bonds is 3. The molecule has 1 aromatic carbocycles. The summed E-state index contributed by atoms with van der Waals surface area (Å²) in [5, 5.41) is 3.17. The Kier molecular flexibility index (Phi) is 3.46. The minimum Gasteiger partial charge on any atom is -0.380 e. The summed E-state index contributed by atoms with van der Waals surface area (Å²) in [6.45, 7) is 2.54. The smallest absolute Gasteiger partial charge is 0.125 e. The fraction of sp³-hybridized carbons (Fsp3) is 0.167. The zero-order valence-corrected chi connectivity index (χ0v) is 10.3. The molecule has 1 N–H and O–H groups in total. The number of nitrogens with one attached hydrogen (secondary N) is 1. The summed E-state index contributed by atoms with van der Waals surface area (Å²) in [4.78, 5) is 1.13. The molecule has 1 nitrogen and oxygen atoms in total. The number of anilines is 1. The Hall–Kier alpha value is -1.06. The Morgan fingerprint density at radius 3 is 2.75 bits per heavy atom. The van der Waals surface area contributed by atoms with Crippen LogP contribution in [-0.4, -0.2) is 0 Å². The number of benzene rings is 1. The Balaban J connectivity index is 2.04. The molecule has 0 fully saturated rings. The molecular formula is C12H11ClFNS. The molecule has 0 bridgehead atoms. The van der Waals surface area contributed by atoms with Crippen LogP contribution in [0.4, 0.5) is 10.1 Å². The molecule has 0 amide bonds. The number of halogens is 2. The van der Waals surface area contributed by atoms with Crippen LogP contribution >= 0.6 is 22.9 Å². The van der Waals surface area contributed by atoms with Crippen molar-refractivity contribution in [1.82, 2.24) is 0 Å². The van der Waals surface area contributed by atoms with Gasteiger partial charge in [0.05, 0.1) is 4.34 Å². The van der Waals surface area contributed by atoms with Crippen molar-refractivity contribution in [3.8, 4) is 0 Å². The summed E-state index contributed by atoms with van der Waals surface area (Å²) in [7, 11) is 0. The van der Waals surface area contributed by atoms with Crippen LogP contribution in [0.2, 0.25) is 4.34 Å². The third kappa shape index (κ3) is 2.97. The second kappa shape index (κ2) is 4.85. The molecule has 4 heteroatoms. The van der Waals surface area contributed by atoms with Crippen LogP contribution in [0.3, 0.4) is 0 Å². The number of hydrogen-bond acceptors (Lipinski definition) is 2. The Morgan fingerprint density at radius 2 is 2.12 bits per heavy atom. The van der Waals surface area contributed by atoms with Gasteiger partial charge in [-0.15, -0.1) is 11.3 Å². The second-order valence-electron chi connectivity index (χ2n) is 3.58. The van der Waals surface area contributed by atoms with Crippen molar-refractivity contribution < 1.29 is 4.39 Å². The molecule has 0 aliphatic carbocycles. The normalized spacial score (nSPS) is 10.4. The summed E-state index contributed by atoms with van der Waals surface area (Å²) < 4.78 is 13.9. The highest BCUT2D eigenvalue weighted by Gasteiger charge is 2.00. The lowest BCUT2D eigenvalue weighted by Crippen LogP contribution is -1.98. The zero-order chi connectivity index (χ0) is 11.5. The predicted molar refractivity (Wildman–Crippen MR) is 67.8 cm³/mol. The molecule has 2 rings (SSSR count). The van der Waals surface area contributed by atoms with Crippen molar-refractivity contribution in [2.75, 3.05) is 5.32 Å². The van der Waals surface area contributed by atoms with Gasteiger partial charge in [-0.3, -0.25) is 0 Å². The van der Waals surface area contributed by atoms with E-state index in [2.05, 4.69) is 5.32 Å². The predicted octanol–water partition coefficient (Wildman–Crippen LogP) is 4.46. The van der Waals surface area contributed by atoms with Crippen LogP contribution in [0.25, 0.3) is 0 Å². The van der Waals surface area contributed by atoms with Gasteiger partial charge in [-0.1, -0.05) is 11.6 Å². The van der Waals surface area contributed by atoms with Gasteiger partial charge < -0.3 is 5.32 Å². The standard InChI is InChI=1S/C12H11ClFNS/c1-8-4-9(14)6-10(5-8)15-7-11-2-3-12(13)16-11/h2-6,15H,7H2,1H3. The van der Waals surface area contributed by atoms with E-state index in [1.807, 2.05) is 25.1 Å². The van der Waals surface area contributed by atoms with E-state index in [1.54, 1.807) is 0 Å². The van der Waals surface area contributed by atoms with E-state index in [0.717, 1.165) is 20.5 Å². The van der Waals surface area contributed by atoms with Crippen molar-refractivity contribution in [2.45, 2.75) is 13.5 Å². The average Bonchev–Trinajstić information content (AvgIpc) is 2.60.